The van der Waals surface area contributed by atoms with Crippen molar-refractivity contribution in [2.45, 2.75) is 51.4 Å². The van der Waals surface area contributed by atoms with Gasteiger partial charge in [-0.3, -0.25) is 14.6 Å². The summed E-state index contributed by atoms with van der Waals surface area (Å²) >= 11 is 6.29. The Kier molecular flexibility index (Phi) is 5.02. The Morgan fingerprint density at radius 3 is 2.71 bits per heavy atom. The van der Waals surface area contributed by atoms with Crippen molar-refractivity contribution in [2.24, 2.45) is 0 Å². The van der Waals surface area contributed by atoms with E-state index in [0.29, 0.717) is 23.7 Å². The number of rotatable bonds is 5. The van der Waals surface area contributed by atoms with Crippen molar-refractivity contribution in [1.82, 2.24) is 25.1 Å². The monoisotopic (exact) mass is 405 g/mol. The van der Waals surface area contributed by atoms with Gasteiger partial charge in [0.05, 0.1) is 25.2 Å². The van der Waals surface area contributed by atoms with Crippen LogP contribution < -0.4 is 10.1 Å². The molecule has 3 aliphatic heterocycles. The van der Waals surface area contributed by atoms with Crippen molar-refractivity contribution < 1.29 is 9.53 Å². The first-order valence-corrected chi connectivity index (χ1v) is 10.1. The molecule has 152 valence electrons. The second-order valence-corrected chi connectivity index (χ2v) is 9.27. The zero-order valence-electron chi connectivity index (χ0n) is 16.9. The molecule has 2 aromatic rings. The number of fused-ring (bicyclic) bond motifs is 3. The van der Waals surface area contributed by atoms with Crippen LogP contribution in [0, 0.1) is 0 Å². The fourth-order valence-corrected chi connectivity index (χ4v) is 4.53. The van der Waals surface area contributed by atoms with E-state index in [1.807, 2.05) is 32.9 Å². The topological polar surface area (TPSA) is 73.5 Å². The summed E-state index contributed by atoms with van der Waals surface area (Å²) in [6.45, 7) is 9.15. The summed E-state index contributed by atoms with van der Waals surface area (Å²) in [6.07, 6.45) is 1.17. The van der Waals surface area contributed by atoms with Gasteiger partial charge in [-0.25, -0.2) is 4.98 Å². The lowest BCUT2D eigenvalue weighted by molar-refractivity contribution is -0.132. The van der Waals surface area contributed by atoms with Crippen LogP contribution >= 0.6 is 11.6 Å². The van der Waals surface area contributed by atoms with Crippen molar-refractivity contribution in [3.8, 4) is 5.75 Å². The Labute approximate surface area is 170 Å². The van der Waals surface area contributed by atoms with Gasteiger partial charge in [0, 0.05) is 30.7 Å². The molecule has 2 atom stereocenters. The summed E-state index contributed by atoms with van der Waals surface area (Å²) in [6, 6.07) is 4.53. The van der Waals surface area contributed by atoms with Crippen LogP contribution in [0.5, 0.6) is 5.75 Å². The molecule has 2 N–H and O–H groups in total. The first-order chi connectivity index (χ1) is 13.2. The summed E-state index contributed by atoms with van der Waals surface area (Å²) in [5, 5.41) is 3.68. The summed E-state index contributed by atoms with van der Waals surface area (Å²) in [5.41, 5.74) is 1.40. The number of nitrogens with zero attached hydrogens (tertiary/aromatic N) is 3. The first-order valence-electron chi connectivity index (χ1n) is 9.73. The summed E-state index contributed by atoms with van der Waals surface area (Å²) in [7, 11) is 1.64. The Hall–Kier alpha value is -1.83. The summed E-state index contributed by atoms with van der Waals surface area (Å²) in [5.74, 6) is 1.74. The van der Waals surface area contributed by atoms with Crippen LogP contribution in [0.1, 0.15) is 33.0 Å². The number of halogens is 1. The Balaban J connectivity index is 1.38. The van der Waals surface area contributed by atoms with Crippen molar-refractivity contribution in [2.75, 3.05) is 26.7 Å². The van der Waals surface area contributed by atoms with Gasteiger partial charge in [-0.05, 0) is 39.3 Å². The number of aromatic nitrogens is 2. The minimum atomic E-state index is -0.188. The number of carbonyl (C=O) groups excluding carboxylic acids is 1. The molecule has 2 bridgehead atoms. The van der Waals surface area contributed by atoms with Crippen molar-refractivity contribution in [3.63, 3.8) is 0 Å². The van der Waals surface area contributed by atoms with Crippen LogP contribution in [-0.4, -0.2) is 70.0 Å². The molecule has 1 aromatic heterocycles. The molecule has 3 fully saturated rings. The third-order valence-corrected chi connectivity index (χ3v) is 5.77. The zero-order chi connectivity index (χ0) is 20.1. The maximum Gasteiger partial charge on any atom is 0.234 e. The quantitative estimate of drug-likeness (QED) is 0.799. The molecular weight excluding hydrogens is 378 g/mol. The van der Waals surface area contributed by atoms with E-state index in [0.717, 1.165) is 42.2 Å². The number of hydrogen-bond acceptors (Lipinski definition) is 5. The highest BCUT2D eigenvalue weighted by atomic mass is 35.5. The van der Waals surface area contributed by atoms with Gasteiger partial charge in [0.2, 0.25) is 5.91 Å². The van der Waals surface area contributed by atoms with Gasteiger partial charge in [0.25, 0.3) is 0 Å². The maximum absolute atomic E-state index is 12.3. The molecule has 3 saturated heterocycles. The average Bonchev–Trinajstić information content (AvgIpc) is 3.03. The van der Waals surface area contributed by atoms with Crippen LogP contribution in [0.2, 0.25) is 5.02 Å². The summed E-state index contributed by atoms with van der Waals surface area (Å²) in [4.78, 5) is 25.0. The number of hydrogen-bond donors (Lipinski definition) is 2. The number of amides is 1. The van der Waals surface area contributed by atoms with E-state index < -0.39 is 0 Å². The van der Waals surface area contributed by atoms with Gasteiger partial charge in [-0.2, -0.15) is 0 Å². The lowest BCUT2D eigenvalue weighted by Crippen LogP contribution is -2.69. The predicted octanol–water partition coefficient (Wildman–Crippen LogP) is 2.40. The Morgan fingerprint density at radius 1 is 1.36 bits per heavy atom. The highest BCUT2D eigenvalue weighted by molar-refractivity contribution is 6.35. The van der Waals surface area contributed by atoms with Crippen molar-refractivity contribution in [1.29, 1.82) is 0 Å². The number of H-pyrrole nitrogens is 1. The van der Waals surface area contributed by atoms with Crippen LogP contribution in [0.3, 0.4) is 0 Å². The van der Waals surface area contributed by atoms with E-state index in [-0.39, 0.29) is 11.4 Å². The SMILES string of the molecule is COc1ccc(Cl)c2nc(CN3CC4CC(C3)N4CC(=O)NC(C)(C)C)[nH]c12. The Morgan fingerprint density at radius 2 is 2.07 bits per heavy atom. The molecule has 1 amide bonds. The fourth-order valence-electron chi connectivity index (χ4n) is 4.33. The van der Waals surface area contributed by atoms with Crippen LogP contribution in [0.15, 0.2) is 12.1 Å². The average molecular weight is 406 g/mol. The van der Waals surface area contributed by atoms with E-state index in [2.05, 4.69) is 25.1 Å². The number of carbonyl (C=O) groups is 1. The molecule has 0 spiro atoms. The number of ether oxygens (including phenoxy) is 1. The molecule has 4 heterocycles. The number of methoxy groups -OCH3 is 1. The van der Waals surface area contributed by atoms with E-state index in [9.17, 15) is 4.79 Å². The number of piperidine rings is 1. The first kappa shape index (κ1) is 19.5. The maximum atomic E-state index is 12.3. The predicted molar refractivity (Wildman–Crippen MR) is 110 cm³/mol. The lowest BCUT2D eigenvalue weighted by atomic mass is 9.87. The molecular formula is C20H28ClN5O2. The number of nitrogens with one attached hydrogen (secondary N) is 2. The number of piperazine rings is 1. The molecule has 2 unspecified atom stereocenters. The van der Waals surface area contributed by atoms with Crippen LogP contribution in [-0.2, 0) is 11.3 Å². The van der Waals surface area contributed by atoms with Gasteiger partial charge < -0.3 is 15.0 Å². The van der Waals surface area contributed by atoms with Gasteiger partial charge >= 0.3 is 0 Å². The largest absolute Gasteiger partial charge is 0.494 e. The third kappa shape index (κ3) is 3.83. The van der Waals surface area contributed by atoms with Gasteiger partial charge in [0.15, 0.2) is 0 Å². The number of benzene rings is 1. The number of imidazole rings is 1. The smallest absolute Gasteiger partial charge is 0.234 e. The molecule has 7 nitrogen and oxygen atoms in total. The molecule has 3 aliphatic rings. The lowest BCUT2D eigenvalue weighted by Gasteiger charge is -2.56. The molecule has 1 aromatic carbocycles. The van der Waals surface area contributed by atoms with Crippen LogP contribution in [0.25, 0.3) is 11.0 Å². The van der Waals surface area contributed by atoms with E-state index in [1.165, 1.54) is 6.42 Å². The van der Waals surface area contributed by atoms with Crippen molar-refractivity contribution in [3.05, 3.63) is 23.0 Å². The van der Waals surface area contributed by atoms with E-state index in [4.69, 9.17) is 16.3 Å². The highest BCUT2D eigenvalue weighted by Crippen LogP contribution is 2.33. The second kappa shape index (κ2) is 7.21. The minimum Gasteiger partial charge on any atom is -0.494 e. The normalized spacial score (nSPS) is 22.9. The van der Waals surface area contributed by atoms with E-state index >= 15 is 0 Å². The molecule has 5 rings (SSSR count). The van der Waals surface area contributed by atoms with Crippen LogP contribution in [0.4, 0.5) is 0 Å². The molecule has 28 heavy (non-hydrogen) atoms. The standard InChI is InChI=1S/C20H28ClN5O2/c1-20(2,3)24-17(27)11-26-12-7-13(26)9-25(8-12)10-16-22-18-14(21)5-6-15(28-4)19(18)23-16/h5-6,12-13H,7-11H2,1-4H3,(H,22,23)(H,24,27). The third-order valence-electron chi connectivity index (χ3n) is 5.46. The van der Waals surface area contributed by atoms with E-state index in [1.54, 1.807) is 7.11 Å². The molecule has 0 saturated carbocycles. The van der Waals surface area contributed by atoms with Gasteiger partial charge in [-0.1, -0.05) is 11.6 Å². The fraction of sp³-hybridized carbons (Fsp3) is 0.600. The van der Waals surface area contributed by atoms with Gasteiger partial charge in [-0.15, -0.1) is 0 Å². The minimum absolute atomic E-state index is 0.106. The molecule has 0 radical (unpaired) electrons. The molecule has 0 aliphatic carbocycles. The summed E-state index contributed by atoms with van der Waals surface area (Å²) < 4.78 is 5.41. The second-order valence-electron chi connectivity index (χ2n) is 8.86. The Bertz CT molecular complexity index is 879. The zero-order valence-corrected chi connectivity index (χ0v) is 17.6. The van der Waals surface area contributed by atoms with Gasteiger partial charge in [0.1, 0.15) is 22.6 Å². The number of aromatic amines is 1. The molecule has 8 heteroatoms. The van der Waals surface area contributed by atoms with Crippen molar-refractivity contribution >= 4 is 28.5 Å². The highest BCUT2D eigenvalue weighted by Gasteiger charge is 2.45.